The van der Waals surface area contributed by atoms with Crippen LogP contribution >= 0.6 is 11.6 Å². The van der Waals surface area contributed by atoms with Gasteiger partial charge in [-0.05, 0) is 83.3 Å². The molecule has 13 heteroatoms. The summed E-state index contributed by atoms with van der Waals surface area (Å²) in [7, 11) is -4.47. The molecule has 0 spiro atoms. The van der Waals surface area contributed by atoms with Gasteiger partial charge in [0.2, 0.25) is 10.0 Å². The molecule has 4 aromatic carbocycles. The Morgan fingerprint density at radius 3 is 2.35 bits per heavy atom. The Kier molecular flexibility index (Phi) is 9.22. The lowest BCUT2D eigenvalue weighted by Gasteiger charge is -2.30. The molecule has 2 unspecified atom stereocenters. The lowest BCUT2D eigenvalue weighted by atomic mass is 10.0. The number of halogens is 1. The van der Waals surface area contributed by atoms with Crippen LogP contribution in [-0.2, 0) is 27.9 Å². The van der Waals surface area contributed by atoms with Gasteiger partial charge in [0, 0.05) is 35.1 Å². The van der Waals surface area contributed by atoms with E-state index in [9.17, 15) is 28.0 Å². The van der Waals surface area contributed by atoms with Gasteiger partial charge >= 0.3 is 11.9 Å². The molecule has 1 aliphatic rings. The minimum atomic E-state index is -4.47. The number of hydrogen-bond acceptors (Lipinski definition) is 7. The smallest absolute Gasteiger partial charge is 0.335 e. The van der Waals surface area contributed by atoms with E-state index in [4.69, 9.17) is 16.3 Å². The molecule has 0 radical (unpaired) electrons. The van der Waals surface area contributed by atoms with E-state index < -0.39 is 33.4 Å². The van der Waals surface area contributed by atoms with Crippen LogP contribution in [0.4, 0.5) is 0 Å². The Morgan fingerprint density at radius 2 is 1.69 bits per heavy atom. The molecule has 1 saturated carbocycles. The highest BCUT2D eigenvalue weighted by atomic mass is 35.5. The van der Waals surface area contributed by atoms with E-state index in [-0.39, 0.29) is 23.4 Å². The maximum atomic E-state index is 14.5. The molecule has 6 rings (SSSR count). The van der Waals surface area contributed by atoms with Crippen molar-refractivity contribution in [1.29, 1.82) is 0 Å². The maximum Gasteiger partial charge on any atom is 0.335 e. The number of ether oxygens (including phenoxy) is 1. The molecular formula is C35H29ClN4O7S. The van der Waals surface area contributed by atoms with Gasteiger partial charge in [0.25, 0.3) is 0 Å². The van der Waals surface area contributed by atoms with E-state index in [1.807, 2.05) is 6.20 Å². The number of benzene rings is 4. The van der Waals surface area contributed by atoms with Gasteiger partial charge in [0.15, 0.2) is 0 Å². The van der Waals surface area contributed by atoms with Gasteiger partial charge in [-0.3, -0.25) is 9.48 Å². The molecule has 1 N–H and O–H groups in total. The van der Waals surface area contributed by atoms with Crippen LogP contribution in [0.15, 0.2) is 126 Å². The molecule has 244 valence electrons. The van der Waals surface area contributed by atoms with Crippen LogP contribution in [0.1, 0.15) is 33.8 Å². The minimum absolute atomic E-state index is 0.0188. The number of carbonyl (C=O) groups is 2. The summed E-state index contributed by atoms with van der Waals surface area (Å²) in [5, 5.41) is 17.0. The SMILES string of the molecule is O=NC(=O)C1(N(Cc2cccc(C(=O)O)c2)S(=O)(=O)c2ccc(-c3ccc(Cl)cc3)cc2)CC1c1cccc(OCCn2cccn2)c1. The first-order chi connectivity index (χ1) is 23.1. The number of nitroso groups, excluding NO2 is 1. The number of nitrogens with zero attached hydrogens (tertiary/aromatic N) is 4. The van der Waals surface area contributed by atoms with Gasteiger partial charge in [0.05, 0.1) is 17.0 Å². The summed E-state index contributed by atoms with van der Waals surface area (Å²) in [6.45, 7) is 0.415. The van der Waals surface area contributed by atoms with E-state index in [0.717, 1.165) is 15.4 Å². The summed E-state index contributed by atoms with van der Waals surface area (Å²) in [6.07, 6.45) is 3.45. The van der Waals surface area contributed by atoms with Crippen LogP contribution in [0.3, 0.4) is 0 Å². The number of carbonyl (C=O) groups excluding carboxylic acids is 1. The lowest BCUT2D eigenvalue weighted by Crippen LogP contribution is -2.47. The Morgan fingerprint density at radius 1 is 0.979 bits per heavy atom. The molecule has 1 amide bonds. The van der Waals surface area contributed by atoms with Crippen LogP contribution in [0.25, 0.3) is 11.1 Å². The highest BCUT2D eigenvalue weighted by Crippen LogP contribution is 2.58. The predicted octanol–water partition coefficient (Wildman–Crippen LogP) is 6.39. The zero-order valence-electron chi connectivity index (χ0n) is 25.3. The molecule has 2 atom stereocenters. The average molecular weight is 685 g/mol. The zero-order valence-corrected chi connectivity index (χ0v) is 26.9. The number of carboxylic acids is 1. The number of amides is 1. The van der Waals surface area contributed by atoms with Crippen LogP contribution in [-0.4, -0.2) is 51.6 Å². The fraction of sp³-hybridized carbons (Fsp3) is 0.171. The second-order valence-corrected chi connectivity index (χ2v) is 13.6. The van der Waals surface area contributed by atoms with Gasteiger partial charge in [-0.1, -0.05) is 60.1 Å². The maximum absolute atomic E-state index is 14.5. The fourth-order valence-corrected chi connectivity index (χ4v) is 7.74. The monoisotopic (exact) mass is 684 g/mol. The van der Waals surface area contributed by atoms with Gasteiger partial charge in [0.1, 0.15) is 17.9 Å². The first-order valence-electron chi connectivity index (χ1n) is 14.9. The Balaban J connectivity index is 1.37. The first kappa shape index (κ1) is 32.8. The number of hydrogen-bond donors (Lipinski definition) is 1. The second-order valence-electron chi connectivity index (χ2n) is 11.3. The molecule has 1 aliphatic carbocycles. The van der Waals surface area contributed by atoms with Crippen LogP contribution in [0.5, 0.6) is 5.75 Å². The molecule has 1 fully saturated rings. The molecule has 0 bridgehead atoms. The highest BCUT2D eigenvalue weighted by Gasteiger charge is 2.68. The Bertz CT molecular complexity index is 2070. The van der Waals surface area contributed by atoms with E-state index in [0.29, 0.717) is 35.1 Å². The standard InChI is InChI=1S/C35H29ClN4O7S/c36-29-12-8-25(9-13-29)26-10-14-31(15-11-26)48(45,46)40(23-24-4-1-6-28(20-24)33(41)42)35(34(43)38-44)22-32(35)27-5-2-7-30(21-27)47-19-18-39-17-3-16-37-39/h1-17,20-21,32H,18-19,22-23H2,(H,41,42). The van der Waals surface area contributed by atoms with E-state index >= 15 is 0 Å². The van der Waals surface area contributed by atoms with Crippen molar-refractivity contribution in [3.05, 3.63) is 142 Å². The van der Waals surface area contributed by atoms with Crippen molar-refractivity contribution in [2.75, 3.05) is 6.61 Å². The number of aromatic carboxylic acids is 1. The Labute approximate surface area is 281 Å². The van der Waals surface area contributed by atoms with Crippen molar-refractivity contribution in [2.45, 2.75) is 35.9 Å². The zero-order chi connectivity index (χ0) is 33.9. The van der Waals surface area contributed by atoms with Crippen molar-refractivity contribution in [2.24, 2.45) is 5.18 Å². The molecule has 11 nitrogen and oxygen atoms in total. The fourth-order valence-electron chi connectivity index (χ4n) is 5.85. The molecular weight excluding hydrogens is 656 g/mol. The third-order valence-corrected chi connectivity index (χ3v) is 10.5. The quantitative estimate of drug-likeness (QED) is 0.140. The highest BCUT2D eigenvalue weighted by molar-refractivity contribution is 7.89. The summed E-state index contributed by atoms with van der Waals surface area (Å²) in [5.74, 6) is -2.58. The summed E-state index contributed by atoms with van der Waals surface area (Å²) < 4.78 is 37.6. The van der Waals surface area contributed by atoms with E-state index in [1.165, 1.54) is 30.3 Å². The summed E-state index contributed by atoms with van der Waals surface area (Å²) in [5.41, 5.74) is 0.537. The number of aromatic nitrogens is 2. The van der Waals surface area contributed by atoms with Crippen molar-refractivity contribution in [1.82, 2.24) is 14.1 Å². The minimum Gasteiger partial charge on any atom is -0.492 e. The van der Waals surface area contributed by atoms with Crippen molar-refractivity contribution in [3.63, 3.8) is 0 Å². The molecule has 5 aromatic rings. The largest absolute Gasteiger partial charge is 0.492 e. The number of carboxylic acid groups (broad SMARTS) is 1. The lowest BCUT2D eigenvalue weighted by molar-refractivity contribution is -0.123. The third kappa shape index (κ3) is 6.63. The Hall–Kier alpha value is -5.17. The van der Waals surface area contributed by atoms with Crippen molar-refractivity contribution in [3.8, 4) is 16.9 Å². The molecule has 0 saturated heterocycles. The topological polar surface area (TPSA) is 148 Å². The van der Waals surface area contributed by atoms with Crippen LogP contribution in [0, 0.1) is 4.91 Å². The summed E-state index contributed by atoms with van der Waals surface area (Å²) in [6, 6.07) is 27.7. The molecule has 1 aromatic heterocycles. The number of rotatable bonds is 13. The second kappa shape index (κ2) is 13.5. The van der Waals surface area contributed by atoms with Gasteiger partial charge < -0.3 is 9.84 Å². The summed E-state index contributed by atoms with van der Waals surface area (Å²) in [4.78, 5) is 37.0. The van der Waals surface area contributed by atoms with Crippen LogP contribution < -0.4 is 4.74 Å². The first-order valence-corrected chi connectivity index (χ1v) is 16.7. The van der Waals surface area contributed by atoms with Gasteiger partial charge in [-0.2, -0.15) is 9.40 Å². The molecule has 0 aliphatic heterocycles. The van der Waals surface area contributed by atoms with Crippen molar-refractivity contribution >= 4 is 33.5 Å². The van der Waals surface area contributed by atoms with E-state index in [2.05, 4.69) is 10.3 Å². The van der Waals surface area contributed by atoms with Crippen molar-refractivity contribution < 1.29 is 27.9 Å². The van der Waals surface area contributed by atoms with Crippen LogP contribution in [0.2, 0.25) is 5.02 Å². The summed E-state index contributed by atoms with van der Waals surface area (Å²) >= 11 is 6.02. The third-order valence-electron chi connectivity index (χ3n) is 8.36. The van der Waals surface area contributed by atoms with Gasteiger partial charge in [-0.25, -0.2) is 13.2 Å². The van der Waals surface area contributed by atoms with Gasteiger partial charge in [-0.15, -0.1) is 4.91 Å². The predicted molar refractivity (Wildman–Crippen MR) is 178 cm³/mol. The molecule has 48 heavy (non-hydrogen) atoms. The average Bonchev–Trinajstić information content (AvgIpc) is 3.63. The molecule has 1 heterocycles. The van der Waals surface area contributed by atoms with E-state index in [1.54, 1.807) is 83.7 Å². The normalized spacial score (nSPS) is 17.2. The number of sulfonamides is 1.